The summed E-state index contributed by atoms with van der Waals surface area (Å²) >= 11 is 5.94. The van der Waals surface area contributed by atoms with E-state index >= 15 is 0 Å². The molecule has 3 aromatic rings. The maximum atomic E-state index is 12.9. The van der Waals surface area contributed by atoms with Crippen LogP contribution in [0.4, 0.5) is 0 Å². The molecule has 0 aliphatic heterocycles. The molecule has 0 radical (unpaired) electrons. The summed E-state index contributed by atoms with van der Waals surface area (Å²) in [6.45, 7) is 2.00. The van der Waals surface area contributed by atoms with Gasteiger partial charge < -0.3 is 0 Å². The number of amides is 1. The normalized spacial score (nSPS) is 12.4. The molecule has 0 spiro atoms. The van der Waals surface area contributed by atoms with Crippen molar-refractivity contribution in [1.29, 1.82) is 0 Å². The van der Waals surface area contributed by atoms with Gasteiger partial charge in [0, 0.05) is 39.7 Å². The molecule has 140 valence electrons. The van der Waals surface area contributed by atoms with Gasteiger partial charge in [0.2, 0.25) is 0 Å². The summed E-state index contributed by atoms with van der Waals surface area (Å²) in [5, 5.41) is 0.435. The van der Waals surface area contributed by atoms with Crippen molar-refractivity contribution >= 4 is 27.2 Å². The second kappa shape index (κ2) is 8.39. The minimum atomic E-state index is -2.93. The highest BCUT2D eigenvalue weighted by molar-refractivity contribution is 7.93. The molecular formula is C22H17ClN2O2S. The van der Waals surface area contributed by atoms with Crippen molar-refractivity contribution in [3.05, 3.63) is 94.3 Å². The second-order valence-corrected chi connectivity index (χ2v) is 8.93. The highest BCUT2D eigenvalue weighted by atomic mass is 35.5. The number of halogens is 1. The molecule has 0 N–H and O–H groups in total. The van der Waals surface area contributed by atoms with Gasteiger partial charge in [-0.3, -0.25) is 9.78 Å². The standard InChI is InChI=1S/C22H17ClN2O2S/c1-16-5-3-6-17(11-16)9-10-18-12-19(15-24-14-18)22(26)25-28(2,27)21-8-4-7-20(23)13-21/h3-8,11-15H,1-2H3. The number of carbonyl (C=O) groups is 1. The highest BCUT2D eigenvalue weighted by Gasteiger charge is 2.12. The van der Waals surface area contributed by atoms with Gasteiger partial charge in [-0.05, 0) is 48.9 Å². The molecule has 6 heteroatoms. The fourth-order valence-corrected chi connectivity index (χ4v) is 3.92. The molecule has 0 saturated carbocycles. The van der Waals surface area contributed by atoms with Crippen LogP contribution in [0.15, 0.2) is 76.2 Å². The summed E-state index contributed by atoms with van der Waals surface area (Å²) in [5.41, 5.74) is 2.80. The molecule has 1 heterocycles. The predicted octanol–water partition coefficient (Wildman–Crippen LogP) is 4.74. The van der Waals surface area contributed by atoms with Crippen LogP contribution in [0.1, 0.15) is 27.0 Å². The van der Waals surface area contributed by atoms with Crippen LogP contribution < -0.4 is 0 Å². The first-order chi connectivity index (χ1) is 13.3. The number of rotatable bonds is 2. The van der Waals surface area contributed by atoms with Crippen molar-refractivity contribution in [2.45, 2.75) is 11.8 Å². The molecular weight excluding hydrogens is 392 g/mol. The van der Waals surface area contributed by atoms with Crippen LogP contribution in [0, 0.1) is 18.8 Å². The van der Waals surface area contributed by atoms with Crippen LogP contribution in [-0.4, -0.2) is 21.4 Å². The number of hydrogen-bond acceptors (Lipinski definition) is 3. The van der Waals surface area contributed by atoms with Crippen molar-refractivity contribution in [1.82, 2.24) is 4.98 Å². The maximum Gasteiger partial charge on any atom is 0.286 e. The zero-order chi connectivity index (χ0) is 20.1. The summed E-state index contributed by atoms with van der Waals surface area (Å²) in [6, 6.07) is 15.9. The van der Waals surface area contributed by atoms with E-state index in [4.69, 9.17) is 11.6 Å². The van der Waals surface area contributed by atoms with Gasteiger partial charge in [0.25, 0.3) is 5.91 Å². The summed E-state index contributed by atoms with van der Waals surface area (Å²) in [4.78, 5) is 17.0. The van der Waals surface area contributed by atoms with Crippen LogP contribution >= 0.6 is 11.6 Å². The Balaban J connectivity index is 1.90. The van der Waals surface area contributed by atoms with Crippen molar-refractivity contribution in [3.8, 4) is 11.8 Å². The Bertz CT molecular complexity index is 1230. The molecule has 1 aromatic heterocycles. The van der Waals surface area contributed by atoms with E-state index in [0.29, 0.717) is 15.5 Å². The number of pyridine rings is 1. The number of nitrogens with zero attached hydrogens (tertiary/aromatic N) is 2. The average molecular weight is 409 g/mol. The Hall–Kier alpha value is -2.94. The molecule has 3 rings (SSSR count). The van der Waals surface area contributed by atoms with Crippen molar-refractivity contribution in [3.63, 3.8) is 0 Å². The van der Waals surface area contributed by atoms with Crippen LogP contribution in [0.3, 0.4) is 0 Å². The molecule has 2 aromatic carbocycles. The predicted molar refractivity (Wildman–Crippen MR) is 112 cm³/mol. The zero-order valence-corrected chi connectivity index (χ0v) is 16.9. The average Bonchev–Trinajstić information content (AvgIpc) is 2.66. The van der Waals surface area contributed by atoms with E-state index in [0.717, 1.165) is 11.1 Å². The Morgan fingerprint density at radius 3 is 2.54 bits per heavy atom. The lowest BCUT2D eigenvalue weighted by atomic mass is 10.1. The Morgan fingerprint density at radius 1 is 1.04 bits per heavy atom. The quantitative estimate of drug-likeness (QED) is 0.575. The third kappa shape index (κ3) is 5.07. The maximum absolute atomic E-state index is 12.9. The molecule has 0 fully saturated rings. The number of aromatic nitrogens is 1. The Labute approximate surface area is 169 Å². The van der Waals surface area contributed by atoms with Gasteiger partial charge in [0.1, 0.15) is 0 Å². The molecule has 0 bridgehead atoms. The molecule has 0 aliphatic carbocycles. The number of hydrogen-bond donors (Lipinski definition) is 0. The lowest BCUT2D eigenvalue weighted by Gasteiger charge is -2.04. The molecule has 0 saturated heterocycles. The smallest absolute Gasteiger partial charge is 0.266 e. The lowest BCUT2D eigenvalue weighted by Crippen LogP contribution is -2.04. The first-order valence-electron chi connectivity index (χ1n) is 8.39. The third-order valence-electron chi connectivity index (χ3n) is 3.84. The van der Waals surface area contributed by atoms with Gasteiger partial charge in [0.05, 0.1) is 15.3 Å². The summed E-state index contributed by atoms with van der Waals surface area (Å²) < 4.78 is 16.8. The topological polar surface area (TPSA) is 59.4 Å². The first-order valence-corrected chi connectivity index (χ1v) is 10.7. The van der Waals surface area contributed by atoms with Gasteiger partial charge in [-0.2, -0.15) is 4.36 Å². The monoisotopic (exact) mass is 408 g/mol. The summed E-state index contributed by atoms with van der Waals surface area (Å²) in [7, 11) is -2.93. The van der Waals surface area contributed by atoms with Crippen molar-refractivity contribution in [2.75, 3.05) is 6.26 Å². The molecule has 1 atom stereocenters. The summed E-state index contributed by atoms with van der Waals surface area (Å²) in [5.74, 6) is 5.42. The van der Waals surface area contributed by atoms with Gasteiger partial charge in [0.15, 0.2) is 0 Å². The minimum absolute atomic E-state index is 0.229. The molecule has 1 unspecified atom stereocenters. The van der Waals surface area contributed by atoms with E-state index in [1.807, 2.05) is 31.2 Å². The number of carbonyl (C=O) groups excluding carboxylic acids is 1. The van der Waals surface area contributed by atoms with Crippen molar-refractivity contribution in [2.24, 2.45) is 4.36 Å². The van der Waals surface area contributed by atoms with Gasteiger partial charge in [-0.25, -0.2) is 4.21 Å². The van der Waals surface area contributed by atoms with E-state index < -0.39 is 15.6 Å². The second-order valence-electron chi connectivity index (χ2n) is 6.24. The number of benzene rings is 2. The minimum Gasteiger partial charge on any atom is -0.266 e. The van der Waals surface area contributed by atoms with Crippen LogP contribution in [0.2, 0.25) is 5.02 Å². The fourth-order valence-electron chi connectivity index (χ4n) is 2.46. The number of aryl methyl sites for hydroxylation is 1. The SMILES string of the molecule is Cc1cccc(C#Cc2cncc(C(=O)N=S(C)(=O)c3cccc(Cl)c3)c2)c1. The first kappa shape index (κ1) is 19.8. The van der Waals surface area contributed by atoms with Gasteiger partial charge in [-0.1, -0.05) is 41.6 Å². The zero-order valence-electron chi connectivity index (χ0n) is 15.3. The third-order valence-corrected chi connectivity index (χ3v) is 5.72. The molecule has 28 heavy (non-hydrogen) atoms. The largest absolute Gasteiger partial charge is 0.286 e. The Morgan fingerprint density at radius 2 is 1.79 bits per heavy atom. The van der Waals surface area contributed by atoms with E-state index in [9.17, 15) is 9.00 Å². The van der Waals surface area contributed by atoms with Gasteiger partial charge in [-0.15, -0.1) is 0 Å². The van der Waals surface area contributed by atoms with E-state index in [1.54, 1.807) is 36.5 Å². The van der Waals surface area contributed by atoms with Gasteiger partial charge >= 0.3 is 0 Å². The van der Waals surface area contributed by atoms with E-state index in [-0.39, 0.29) is 5.56 Å². The van der Waals surface area contributed by atoms with E-state index in [2.05, 4.69) is 21.2 Å². The molecule has 0 aliphatic rings. The Kier molecular flexibility index (Phi) is 5.93. The summed E-state index contributed by atoms with van der Waals surface area (Å²) in [6.07, 6.45) is 4.36. The molecule has 4 nitrogen and oxygen atoms in total. The highest BCUT2D eigenvalue weighted by Crippen LogP contribution is 2.18. The van der Waals surface area contributed by atoms with Crippen LogP contribution in [0.5, 0.6) is 0 Å². The fraction of sp³-hybridized carbons (Fsp3) is 0.0909. The van der Waals surface area contributed by atoms with Crippen molar-refractivity contribution < 1.29 is 9.00 Å². The van der Waals surface area contributed by atoms with E-state index in [1.165, 1.54) is 12.5 Å². The van der Waals surface area contributed by atoms with Crippen LogP contribution in [-0.2, 0) is 9.73 Å². The molecule has 1 amide bonds. The lowest BCUT2D eigenvalue weighted by molar-refractivity contribution is 0.100. The van der Waals surface area contributed by atoms with Crippen LogP contribution in [0.25, 0.3) is 0 Å².